The molecule has 1 heterocycles. The second-order valence-electron chi connectivity index (χ2n) is 21.4. The van der Waals surface area contributed by atoms with Crippen LogP contribution in [0.1, 0.15) is 52.7 Å². The second kappa shape index (κ2) is 16.1. The molecule has 12 aromatic carbocycles. The Morgan fingerprint density at radius 3 is 1.03 bits per heavy atom. The third kappa shape index (κ3) is 7.10. The maximum absolute atomic E-state index is 6.92. The van der Waals surface area contributed by atoms with Crippen molar-refractivity contribution < 1.29 is 4.42 Å². The zero-order valence-corrected chi connectivity index (χ0v) is 41.1. The number of hydrogen-bond donors (Lipinski definition) is 0. The molecule has 0 saturated carbocycles. The third-order valence-electron chi connectivity index (χ3n) is 14.7. The van der Waals surface area contributed by atoms with E-state index in [1.54, 1.807) is 0 Å². The fraction of sp³-hybridized carbons (Fsp3) is 0.118. The van der Waals surface area contributed by atoms with Gasteiger partial charge in [0.2, 0.25) is 0 Å². The zero-order valence-electron chi connectivity index (χ0n) is 41.1. The Labute approximate surface area is 414 Å². The van der Waals surface area contributed by atoms with E-state index in [9.17, 15) is 0 Å². The fourth-order valence-corrected chi connectivity index (χ4v) is 11.6. The molecule has 0 fully saturated rings. The maximum atomic E-state index is 6.92. The molecule has 0 unspecified atom stereocenters. The van der Waals surface area contributed by atoms with E-state index in [-0.39, 0.29) is 10.8 Å². The van der Waals surface area contributed by atoms with Crippen molar-refractivity contribution in [2.24, 2.45) is 0 Å². The number of rotatable bonds is 6. The van der Waals surface area contributed by atoms with Crippen LogP contribution in [0.4, 0.5) is 34.1 Å². The minimum Gasteiger partial charge on any atom is -0.456 e. The summed E-state index contributed by atoms with van der Waals surface area (Å²) in [4.78, 5) is 4.96. The van der Waals surface area contributed by atoms with E-state index in [0.29, 0.717) is 0 Å². The van der Waals surface area contributed by atoms with Crippen molar-refractivity contribution in [3.05, 3.63) is 230 Å². The Morgan fingerprint density at radius 2 is 0.620 bits per heavy atom. The van der Waals surface area contributed by atoms with Crippen molar-refractivity contribution >= 4 is 121 Å². The van der Waals surface area contributed by atoms with Gasteiger partial charge in [-0.15, -0.1) is 0 Å². The first-order valence-electron chi connectivity index (χ1n) is 24.9. The number of benzene rings is 12. The van der Waals surface area contributed by atoms with E-state index in [1.165, 1.54) is 76.4 Å². The van der Waals surface area contributed by atoms with Gasteiger partial charge >= 0.3 is 0 Å². The van der Waals surface area contributed by atoms with E-state index in [1.807, 2.05) is 0 Å². The SMILES string of the molecule is CC(C)(C)c1c(N(c2ccc3cc4c(cc3c2)oc2cc3cc(N(c5ccc6ccccc6c5C(C)(C)C)c5cccc6ccccc56)ccc3cc24)c2cccc3ccccc23)ccc2ccccc12. The van der Waals surface area contributed by atoms with E-state index >= 15 is 0 Å². The monoisotopic (exact) mass is 914 g/mol. The Hall–Kier alpha value is -8.40. The van der Waals surface area contributed by atoms with Crippen LogP contribution < -0.4 is 9.80 Å². The van der Waals surface area contributed by atoms with Crippen molar-refractivity contribution in [3.8, 4) is 0 Å². The van der Waals surface area contributed by atoms with Gasteiger partial charge in [-0.1, -0.05) is 187 Å². The van der Waals surface area contributed by atoms with E-state index in [2.05, 4.69) is 270 Å². The van der Waals surface area contributed by atoms with Crippen molar-refractivity contribution in [1.82, 2.24) is 0 Å². The van der Waals surface area contributed by atoms with Crippen molar-refractivity contribution in [2.75, 3.05) is 9.80 Å². The van der Waals surface area contributed by atoms with Gasteiger partial charge in [0.1, 0.15) is 11.2 Å². The summed E-state index contributed by atoms with van der Waals surface area (Å²) in [6.07, 6.45) is 0. The molecule has 0 bridgehead atoms. The summed E-state index contributed by atoms with van der Waals surface area (Å²) in [5.41, 5.74) is 11.0. The Bertz CT molecular complexity index is 3990. The standard InChI is InChI=1S/C68H54N2O/c1-67(2,3)65-55-25-13-9-19-45(55)31-35-61(65)69(59-27-15-21-43-17-7-11-23-53(43)59)51-33-29-47-39-57-58-40-48-30-34-52(38-50(48)42-64(58)71-63(57)41-49(47)37-51)70(60-28-16-22-44-18-8-12-24-54(44)60)62-36-32-46-20-10-14-26-56(46)66(62)68(4,5)6/h7-42H,1-6H3. The van der Waals surface area contributed by atoms with Crippen molar-refractivity contribution in [2.45, 2.75) is 52.4 Å². The van der Waals surface area contributed by atoms with Gasteiger partial charge in [0.25, 0.3) is 0 Å². The molecule has 0 aliphatic carbocycles. The molecule has 0 aliphatic heterocycles. The summed E-state index contributed by atoms with van der Waals surface area (Å²) < 4.78 is 6.92. The Morgan fingerprint density at radius 1 is 0.268 bits per heavy atom. The summed E-state index contributed by atoms with van der Waals surface area (Å²) in [6.45, 7) is 14.0. The van der Waals surface area contributed by atoms with Crippen molar-refractivity contribution in [1.29, 1.82) is 0 Å². The predicted octanol–water partition coefficient (Wildman–Crippen LogP) is 20.0. The van der Waals surface area contributed by atoms with Gasteiger partial charge < -0.3 is 14.2 Å². The highest BCUT2D eigenvalue weighted by Gasteiger charge is 2.29. The molecule has 0 amide bonds. The minimum absolute atomic E-state index is 0.138. The topological polar surface area (TPSA) is 19.6 Å². The van der Waals surface area contributed by atoms with Crippen LogP contribution in [0.15, 0.2) is 223 Å². The molecule has 0 atom stereocenters. The van der Waals surface area contributed by atoms with Gasteiger partial charge in [0, 0.05) is 32.9 Å². The minimum atomic E-state index is -0.138. The maximum Gasteiger partial charge on any atom is 0.136 e. The summed E-state index contributed by atoms with van der Waals surface area (Å²) in [6, 6.07) is 80.5. The van der Waals surface area contributed by atoms with Crippen LogP contribution in [0.5, 0.6) is 0 Å². The third-order valence-corrected chi connectivity index (χ3v) is 14.7. The van der Waals surface area contributed by atoms with Crippen LogP contribution in [0.2, 0.25) is 0 Å². The fourth-order valence-electron chi connectivity index (χ4n) is 11.6. The quantitative estimate of drug-likeness (QED) is 0.166. The molecule has 0 aliphatic rings. The summed E-state index contributed by atoms with van der Waals surface area (Å²) in [7, 11) is 0. The summed E-state index contributed by atoms with van der Waals surface area (Å²) >= 11 is 0. The van der Waals surface area contributed by atoms with Gasteiger partial charge in [0.05, 0.1) is 22.7 Å². The molecule has 342 valence electrons. The average molecular weight is 915 g/mol. The first kappa shape index (κ1) is 42.7. The molecule has 0 saturated heterocycles. The lowest BCUT2D eigenvalue weighted by atomic mass is 9.81. The van der Waals surface area contributed by atoms with Crippen LogP contribution in [-0.2, 0) is 10.8 Å². The number of nitrogens with zero attached hydrogens (tertiary/aromatic N) is 2. The molecule has 3 nitrogen and oxygen atoms in total. The van der Waals surface area contributed by atoms with Crippen LogP contribution >= 0.6 is 0 Å². The van der Waals surface area contributed by atoms with Gasteiger partial charge in [0.15, 0.2) is 0 Å². The molecule has 3 heteroatoms. The highest BCUT2D eigenvalue weighted by Crippen LogP contribution is 2.49. The average Bonchev–Trinajstić information content (AvgIpc) is 3.72. The number of anilines is 6. The molecule has 0 radical (unpaired) electrons. The van der Waals surface area contributed by atoms with E-state index in [4.69, 9.17) is 4.42 Å². The van der Waals surface area contributed by atoms with E-state index < -0.39 is 0 Å². The molecule has 0 spiro atoms. The smallest absolute Gasteiger partial charge is 0.136 e. The molecule has 13 rings (SSSR count). The van der Waals surface area contributed by atoms with Crippen LogP contribution in [0, 0.1) is 0 Å². The van der Waals surface area contributed by atoms with Crippen LogP contribution in [0.25, 0.3) is 86.6 Å². The first-order valence-corrected chi connectivity index (χ1v) is 24.9. The normalized spacial score (nSPS) is 12.4. The predicted molar refractivity (Wildman–Crippen MR) is 306 cm³/mol. The number of fused-ring (bicyclic) bond motifs is 9. The summed E-state index contributed by atoms with van der Waals surface area (Å²) in [5, 5.41) is 16.7. The first-order chi connectivity index (χ1) is 34.5. The highest BCUT2D eigenvalue weighted by molar-refractivity contribution is 6.15. The highest BCUT2D eigenvalue weighted by atomic mass is 16.3. The Kier molecular flexibility index (Phi) is 9.67. The van der Waals surface area contributed by atoms with Gasteiger partial charge in [-0.2, -0.15) is 0 Å². The largest absolute Gasteiger partial charge is 0.456 e. The Balaban J connectivity index is 0.980. The van der Waals surface area contributed by atoms with Crippen molar-refractivity contribution in [3.63, 3.8) is 0 Å². The van der Waals surface area contributed by atoms with E-state index in [0.717, 1.165) is 55.5 Å². The summed E-state index contributed by atoms with van der Waals surface area (Å²) in [5.74, 6) is 0. The van der Waals surface area contributed by atoms with Gasteiger partial charge in [-0.05, 0) is 149 Å². The number of furan rings is 1. The molecular weight excluding hydrogens is 861 g/mol. The molecule has 0 N–H and O–H groups in total. The van der Waals surface area contributed by atoms with Crippen LogP contribution in [-0.4, -0.2) is 0 Å². The lowest BCUT2D eigenvalue weighted by Gasteiger charge is -2.34. The zero-order chi connectivity index (χ0) is 48.2. The second-order valence-corrected chi connectivity index (χ2v) is 21.4. The molecule has 71 heavy (non-hydrogen) atoms. The van der Waals surface area contributed by atoms with Gasteiger partial charge in [-0.25, -0.2) is 0 Å². The van der Waals surface area contributed by atoms with Crippen LogP contribution in [0.3, 0.4) is 0 Å². The lowest BCUT2D eigenvalue weighted by Crippen LogP contribution is -2.20. The van der Waals surface area contributed by atoms with Gasteiger partial charge in [-0.3, -0.25) is 0 Å². The lowest BCUT2D eigenvalue weighted by molar-refractivity contribution is 0.596. The number of hydrogen-bond acceptors (Lipinski definition) is 3. The molecule has 13 aromatic rings. The molecule has 1 aromatic heterocycles. The molecular formula is C68H54N2O.